The van der Waals surface area contributed by atoms with E-state index in [9.17, 15) is 0 Å². The molecule has 1 aromatic carbocycles. The lowest BCUT2D eigenvalue weighted by Gasteiger charge is -2.02. The fourth-order valence-corrected chi connectivity index (χ4v) is 1.76. The van der Waals surface area contributed by atoms with Crippen LogP contribution in [0.3, 0.4) is 0 Å². The number of nitrogens with zero attached hydrogens (tertiary/aromatic N) is 3. The highest BCUT2D eigenvalue weighted by atomic mass is 32.1. The largest absolute Gasteiger partial charge is 0.712 e. The van der Waals surface area contributed by atoms with Crippen LogP contribution in [-0.4, -0.2) is 9.67 Å². The van der Waals surface area contributed by atoms with E-state index in [1.54, 1.807) is 4.68 Å². The van der Waals surface area contributed by atoms with Crippen LogP contribution in [0.4, 0.5) is 0 Å². The minimum absolute atomic E-state index is 0.594. The number of hydrogen-bond donors (Lipinski definition) is 0. The third-order valence-corrected chi connectivity index (χ3v) is 2.50. The normalized spacial score (nSPS) is 10.4. The first-order valence-electron chi connectivity index (χ1n) is 4.38. The highest BCUT2D eigenvalue weighted by molar-refractivity contribution is 7.58. The van der Waals surface area contributed by atoms with Crippen LogP contribution in [0.15, 0.2) is 35.5 Å². The van der Waals surface area contributed by atoms with Gasteiger partial charge in [-0.25, -0.2) is 0 Å². The molecule has 0 atom stereocenters. The van der Waals surface area contributed by atoms with Crippen molar-refractivity contribution in [3.63, 3.8) is 0 Å². The van der Waals surface area contributed by atoms with Gasteiger partial charge in [0, 0.05) is 6.92 Å². The Morgan fingerprint density at radius 3 is 2.43 bits per heavy atom. The van der Waals surface area contributed by atoms with Gasteiger partial charge in [0.2, 0.25) is 0 Å². The van der Waals surface area contributed by atoms with E-state index in [-0.39, 0.29) is 0 Å². The Balaban J connectivity index is 2.62. The zero-order valence-electron chi connectivity index (χ0n) is 8.14. The lowest BCUT2D eigenvalue weighted by molar-refractivity contribution is -0.736. The van der Waals surface area contributed by atoms with Crippen LogP contribution in [0, 0.1) is 6.92 Å². The van der Waals surface area contributed by atoms with Gasteiger partial charge in [-0.3, -0.25) is 0 Å². The van der Waals surface area contributed by atoms with E-state index in [2.05, 4.69) is 5.10 Å². The molecule has 3 nitrogen and oxygen atoms in total. The van der Waals surface area contributed by atoms with Crippen molar-refractivity contribution in [1.29, 1.82) is 0 Å². The van der Waals surface area contributed by atoms with Crippen LogP contribution < -0.4 is 4.68 Å². The van der Waals surface area contributed by atoms with Crippen molar-refractivity contribution in [2.45, 2.75) is 12.1 Å². The first-order valence-corrected chi connectivity index (χ1v) is 4.79. The lowest BCUT2D eigenvalue weighted by Crippen LogP contribution is -2.33. The zero-order valence-corrected chi connectivity index (χ0v) is 8.95. The molecule has 0 aliphatic carbocycles. The van der Waals surface area contributed by atoms with Crippen molar-refractivity contribution in [2.75, 3.05) is 0 Å². The smallest absolute Gasteiger partial charge is 0.278 e. The molecule has 0 saturated heterocycles. The van der Waals surface area contributed by atoms with Gasteiger partial charge in [0.15, 0.2) is 0 Å². The van der Waals surface area contributed by atoms with Gasteiger partial charge in [0.05, 0.1) is 0 Å². The Kier molecular flexibility index (Phi) is 2.21. The number of rotatable bonds is 1. The summed E-state index contributed by atoms with van der Waals surface area (Å²) in [7, 11) is 1.89. The maximum absolute atomic E-state index is 5.17. The number of benzene rings is 1. The molecule has 1 aromatic heterocycles. The maximum atomic E-state index is 5.17. The topological polar surface area (TPSA) is 21.7 Å². The Morgan fingerprint density at radius 2 is 1.93 bits per heavy atom. The van der Waals surface area contributed by atoms with Crippen molar-refractivity contribution in [1.82, 2.24) is 9.67 Å². The van der Waals surface area contributed by atoms with Gasteiger partial charge in [-0.1, -0.05) is 23.3 Å². The van der Waals surface area contributed by atoms with Gasteiger partial charge in [-0.05, 0) is 12.1 Å². The van der Waals surface area contributed by atoms with Crippen LogP contribution in [-0.2, 0) is 19.7 Å². The molecule has 0 N–H and O–H groups in total. The van der Waals surface area contributed by atoms with Crippen molar-refractivity contribution < 1.29 is 4.68 Å². The maximum Gasteiger partial charge on any atom is 0.278 e. The van der Waals surface area contributed by atoms with Crippen molar-refractivity contribution >= 4 is 12.6 Å². The van der Waals surface area contributed by atoms with Crippen molar-refractivity contribution in [2.24, 2.45) is 7.05 Å². The minimum atomic E-state index is 0.594. The molecule has 0 saturated carbocycles. The van der Waals surface area contributed by atoms with Crippen LogP contribution in [0.5, 0.6) is 0 Å². The molecule has 0 amide bonds. The molecule has 0 bridgehead atoms. The molecule has 2 aromatic rings. The van der Waals surface area contributed by atoms with Crippen LogP contribution in [0.2, 0.25) is 0 Å². The minimum Gasteiger partial charge on any atom is -0.712 e. The Bertz CT molecular complexity index is 448. The second-order valence-electron chi connectivity index (χ2n) is 3.12. The third kappa shape index (κ3) is 1.37. The fourth-order valence-electron chi connectivity index (χ4n) is 1.40. The predicted molar refractivity (Wildman–Crippen MR) is 55.1 cm³/mol. The van der Waals surface area contributed by atoms with Gasteiger partial charge in [-0.2, -0.15) is 4.57 Å². The second-order valence-corrected chi connectivity index (χ2v) is 3.49. The number of aromatic nitrogens is 3. The summed E-state index contributed by atoms with van der Waals surface area (Å²) in [6, 6.07) is 10.0. The summed E-state index contributed by atoms with van der Waals surface area (Å²) in [6.45, 7) is 2.00. The zero-order chi connectivity index (χ0) is 10.1. The van der Waals surface area contributed by atoms with Gasteiger partial charge in [0.1, 0.15) is 17.9 Å². The third-order valence-electron chi connectivity index (χ3n) is 2.23. The summed E-state index contributed by atoms with van der Waals surface area (Å²) in [5, 5.41) is 4.78. The standard InChI is InChI=1S/C10H11N3S/c1-8-12(2)11-10(14)13(8)9-6-4-3-5-7-9/h3-7H,1-2H3. The van der Waals surface area contributed by atoms with E-state index >= 15 is 0 Å². The van der Waals surface area contributed by atoms with Gasteiger partial charge in [-0.15, -0.1) is 4.68 Å². The van der Waals surface area contributed by atoms with Crippen LogP contribution >= 0.6 is 0 Å². The molecule has 0 aliphatic rings. The van der Waals surface area contributed by atoms with Gasteiger partial charge in [0.25, 0.3) is 5.82 Å². The summed E-state index contributed by atoms with van der Waals surface area (Å²) >= 11 is 5.17. The van der Waals surface area contributed by atoms with Gasteiger partial charge < -0.3 is 12.6 Å². The van der Waals surface area contributed by atoms with E-state index in [1.807, 2.05) is 48.9 Å². The van der Waals surface area contributed by atoms with Gasteiger partial charge >= 0.3 is 0 Å². The molecule has 0 radical (unpaired) electrons. The second kappa shape index (κ2) is 3.38. The lowest BCUT2D eigenvalue weighted by atomic mass is 10.3. The number of hydrogen-bond acceptors (Lipinski definition) is 2. The summed E-state index contributed by atoms with van der Waals surface area (Å²) in [4.78, 5) is 0. The first-order chi connectivity index (χ1) is 6.70. The van der Waals surface area contributed by atoms with E-state index in [4.69, 9.17) is 12.6 Å². The SMILES string of the molecule is Cc1n(-c2ccccc2)c([S-])n[n+]1C. The summed E-state index contributed by atoms with van der Waals surface area (Å²) in [5.41, 5.74) is 1.06. The Labute approximate surface area is 88.4 Å². The fraction of sp³-hybridized carbons (Fsp3) is 0.200. The molecular formula is C10H11N3S. The molecule has 1 heterocycles. The van der Waals surface area contributed by atoms with E-state index < -0.39 is 0 Å². The Morgan fingerprint density at radius 1 is 1.29 bits per heavy atom. The number of para-hydroxylation sites is 1. The molecular weight excluding hydrogens is 194 g/mol. The summed E-state index contributed by atoms with van der Waals surface area (Å²) in [6.07, 6.45) is 0. The summed E-state index contributed by atoms with van der Waals surface area (Å²) in [5.74, 6) is 1.03. The molecule has 4 heteroatoms. The molecule has 0 unspecified atom stereocenters. The first kappa shape index (κ1) is 9.15. The monoisotopic (exact) mass is 205 g/mol. The van der Waals surface area contributed by atoms with Crippen LogP contribution in [0.25, 0.3) is 5.69 Å². The van der Waals surface area contributed by atoms with Crippen molar-refractivity contribution in [3.05, 3.63) is 36.2 Å². The Hall–Kier alpha value is -1.42. The highest BCUT2D eigenvalue weighted by Gasteiger charge is 2.13. The molecule has 14 heavy (non-hydrogen) atoms. The molecule has 72 valence electrons. The van der Waals surface area contributed by atoms with Crippen molar-refractivity contribution in [3.8, 4) is 5.69 Å². The van der Waals surface area contributed by atoms with E-state index in [0.717, 1.165) is 11.5 Å². The molecule has 0 fully saturated rings. The molecule has 0 spiro atoms. The predicted octanol–water partition coefficient (Wildman–Crippen LogP) is 0.911. The average Bonchev–Trinajstić information content (AvgIpc) is 2.43. The highest BCUT2D eigenvalue weighted by Crippen LogP contribution is 2.10. The van der Waals surface area contributed by atoms with E-state index in [0.29, 0.717) is 5.16 Å². The molecule has 2 rings (SSSR count). The average molecular weight is 205 g/mol. The molecule has 0 aliphatic heterocycles. The van der Waals surface area contributed by atoms with E-state index in [1.165, 1.54) is 0 Å². The van der Waals surface area contributed by atoms with Crippen LogP contribution in [0.1, 0.15) is 5.82 Å². The quantitative estimate of drug-likeness (QED) is 0.510. The summed E-state index contributed by atoms with van der Waals surface area (Å²) < 4.78 is 3.74. The number of aryl methyl sites for hydroxylation is 1.